The topological polar surface area (TPSA) is 35.2 Å². The quantitative estimate of drug-likeness (QED) is 0.650. The van der Waals surface area contributed by atoms with Gasteiger partial charge in [-0.1, -0.05) is 23.7 Å². The van der Waals surface area contributed by atoms with E-state index in [4.69, 9.17) is 22.1 Å². The first kappa shape index (κ1) is 11.5. The van der Waals surface area contributed by atoms with Crippen LogP contribution in [-0.2, 0) is 0 Å². The first-order chi connectivity index (χ1) is 7.66. The Balaban J connectivity index is 2.34. The molecule has 82 valence electrons. The van der Waals surface area contributed by atoms with Crippen molar-refractivity contribution in [3.63, 3.8) is 0 Å². The molecule has 2 rings (SSSR count). The molecule has 0 fully saturated rings. The first-order valence-corrected chi connectivity index (χ1v) is 6.10. The molecule has 16 heavy (non-hydrogen) atoms. The Kier molecular flexibility index (Phi) is 3.56. The summed E-state index contributed by atoms with van der Waals surface area (Å²) in [5, 5.41) is 0.513. The summed E-state index contributed by atoms with van der Waals surface area (Å²) in [6.45, 7) is 0. The van der Waals surface area contributed by atoms with Gasteiger partial charge in [0.1, 0.15) is 5.75 Å². The molecule has 0 aliphatic rings. The van der Waals surface area contributed by atoms with Gasteiger partial charge < -0.3 is 10.5 Å². The Morgan fingerprint density at radius 3 is 2.56 bits per heavy atom. The summed E-state index contributed by atoms with van der Waals surface area (Å²) < 4.78 is 6.76. The predicted octanol–water partition coefficient (Wildman–Crippen LogP) is 4.32. The maximum atomic E-state index is 6.01. The molecule has 2 nitrogen and oxygen atoms in total. The molecule has 4 heteroatoms. The maximum absolute atomic E-state index is 6.01. The zero-order valence-corrected chi connectivity index (χ0v) is 11.2. The summed E-state index contributed by atoms with van der Waals surface area (Å²) in [7, 11) is 0. The van der Waals surface area contributed by atoms with Crippen molar-refractivity contribution in [2.45, 2.75) is 0 Å². The zero-order valence-electron chi connectivity index (χ0n) is 8.28. The second kappa shape index (κ2) is 4.93. The van der Waals surface area contributed by atoms with Crippen LogP contribution in [0, 0.1) is 3.57 Å². The second-order valence-electron chi connectivity index (χ2n) is 3.22. The fourth-order valence-corrected chi connectivity index (χ4v) is 2.02. The number of benzene rings is 2. The highest BCUT2D eigenvalue weighted by Gasteiger charge is 2.06. The normalized spacial score (nSPS) is 10.1. The minimum atomic E-state index is 0.506. The van der Waals surface area contributed by atoms with Crippen molar-refractivity contribution in [2.24, 2.45) is 0 Å². The summed E-state index contributed by atoms with van der Waals surface area (Å²) in [5.41, 5.74) is 6.33. The van der Waals surface area contributed by atoms with Gasteiger partial charge in [-0.05, 0) is 52.9 Å². The van der Waals surface area contributed by atoms with Gasteiger partial charge in [-0.3, -0.25) is 0 Å². The molecule has 2 N–H and O–H groups in total. The monoisotopic (exact) mass is 345 g/mol. The molecule has 0 bridgehead atoms. The van der Waals surface area contributed by atoms with Gasteiger partial charge in [0.05, 0.1) is 10.7 Å². The average molecular weight is 346 g/mol. The van der Waals surface area contributed by atoms with Crippen molar-refractivity contribution in [3.05, 3.63) is 51.1 Å². The molecule has 0 aromatic heterocycles. The highest BCUT2D eigenvalue weighted by molar-refractivity contribution is 14.1. The van der Waals surface area contributed by atoms with Crippen LogP contribution in [0.3, 0.4) is 0 Å². The fourth-order valence-electron chi connectivity index (χ4n) is 1.28. The van der Waals surface area contributed by atoms with Crippen molar-refractivity contribution >= 4 is 39.9 Å². The third-order valence-corrected chi connectivity index (χ3v) is 2.98. The van der Waals surface area contributed by atoms with E-state index < -0.39 is 0 Å². The van der Waals surface area contributed by atoms with E-state index in [1.165, 1.54) is 0 Å². The van der Waals surface area contributed by atoms with Crippen LogP contribution in [0.15, 0.2) is 42.5 Å². The number of para-hydroxylation sites is 1. The second-order valence-corrected chi connectivity index (χ2v) is 4.87. The minimum Gasteiger partial charge on any atom is -0.454 e. The Labute approximate surface area is 113 Å². The highest BCUT2D eigenvalue weighted by atomic mass is 127. The van der Waals surface area contributed by atoms with Gasteiger partial charge in [0, 0.05) is 3.57 Å². The number of anilines is 1. The molecular formula is C12H9ClINO. The van der Waals surface area contributed by atoms with Crippen molar-refractivity contribution in [1.29, 1.82) is 0 Å². The zero-order chi connectivity index (χ0) is 11.5. The largest absolute Gasteiger partial charge is 0.454 e. The molecule has 0 unspecified atom stereocenters. The van der Waals surface area contributed by atoms with E-state index in [1.54, 1.807) is 18.2 Å². The summed E-state index contributed by atoms with van der Waals surface area (Å²) in [5.74, 6) is 1.23. The molecule has 0 aliphatic heterocycles. The summed E-state index contributed by atoms with van der Waals surface area (Å²) in [6, 6.07) is 13.0. The molecule has 2 aromatic rings. The fraction of sp³-hybridized carbons (Fsp3) is 0. The maximum Gasteiger partial charge on any atom is 0.168 e. The molecule has 2 aromatic carbocycles. The lowest BCUT2D eigenvalue weighted by molar-refractivity contribution is 0.485. The van der Waals surface area contributed by atoms with Crippen LogP contribution in [0.25, 0.3) is 0 Å². The smallest absolute Gasteiger partial charge is 0.168 e. The van der Waals surface area contributed by atoms with Gasteiger partial charge in [0.15, 0.2) is 5.75 Å². The third-order valence-electron chi connectivity index (χ3n) is 2.01. The van der Waals surface area contributed by atoms with Gasteiger partial charge in [0.25, 0.3) is 0 Å². The van der Waals surface area contributed by atoms with Gasteiger partial charge in [-0.15, -0.1) is 0 Å². The number of hydrogen-bond donors (Lipinski definition) is 1. The number of ether oxygens (including phenoxy) is 1. The number of nitrogens with two attached hydrogens (primary N) is 1. The summed E-state index contributed by atoms with van der Waals surface area (Å²) in [6.07, 6.45) is 0. The van der Waals surface area contributed by atoms with Crippen LogP contribution in [-0.4, -0.2) is 0 Å². The number of rotatable bonds is 2. The highest BCUT2D eigenvalue weighted by Crippen LogP contribution is 2.34. The molecule has 0 atom stereocenters. The Morgan fingerprint density at radius 2 is 1.88 bits per heavy atom. The molecule has 0 amide bonds. The van der Waals surface area contributed by atoms with Gasteiger partial charge in [-0.2, -0.15) is 0 Å². The number of nitrogen functional groups attached to an aromatic ring is 1. The lowest BCUT2D eigenvalue weighted by Crippen LogP contribution is -1.92. The lowest BCUT2D eigenvalue weighted by Gasteiger charge is -2.10. The SMILES string of the molecule is Nc1cccc(Cl)c1Oc1cccc(I)c1. The van der Waals surface area contributed by atoms with Crippen molar-refractivity contribution in [1.82, 2.24) is 0 Å². The minimum absolute atomic E-state index is 0.506. The Morgan fingerprint density at radius 1 is 1.12 bits per heavy atom. The van der Waals surface area contributed by atoms with Crippen molar-refractivity contribution in [2.75, 3.05) is 5.73 Å². The van der Waals surface area contributed by atoms with Gasteiger partial charge in [0.2, 0.25) is 0 Å². The third kappa shape index (κ3) is 2.59. The lowest BCUT2D eigenvalue weighted by atomic mass is 10.3. The van der Waals surface area contributed by atoms with Crippen LogP contribution in [0.5, 0.6) is 11.5 Å². The molecule has 0 saturated carbocycles. The van der Waals surface area contributed by atoms with Gasteiger partial charge >= 0.3 is 0 Å². The van der Waals surface area contributed by atoms with E-state index in [1.807, 2.05) is 24.3 Å². The Bertz CT molecular complexity index is 496. The van der Waals surface area contributed by atoms with Crippen LogP contribution in [0.4, 0.5) is 5.69 Å². The van der Waals surface area contributed by atoms with Crippen LogP contribution in [0.1, 0.15) is 0 Å². The molecule has 0 heterocycles. The van der Waals surface area contributed by atoms with Crippen molar-refractivity contribution in [3.8, 4) is 11.5 Å². The van der Waals surface area contributed by atoms with E-state index >= 15 is 0 Å². The van der Waals surface area contributed by atoms with E-state index in [-0.39, 0.29) is 0 Å². The summed E-state index contributed by atoms with van der Waals surface area (Å²) >= 11 is 8.23. The van der Waals surface area contributed by atoms with Crippen LogP contribution in [0.2, 0.25) is 5.02 Å². The standard InChI is InChI=1S/C12H9ClINO/c13-10-5-2-6-11(15)12(10)16-9-4-1-3-8(14)7-9/h1-7H,15H2. The average Bonchev–Trinajstić information content (AvgIpc) is 2.24. The predicted molar refractivity (Wildman–Crippen MR) is 75.1 cm³/mol. The van der Waals surface area contributed by atoms with E-state index in [0.717, 1.165) is 9.32 Å². The molecule has 0 aliphatic carbocycles. The molecule has 0 radical (unpaired) electrons. The molecule has 0 spiro atoms. The van der Waals surface area contributed by atoms with Crippen LogP contribution < -0.4 is 10.5 Å². The summed E-state index contributed by atoms with van der Waals surface area (Å²) in [4.78, 5) is 0. The Hall–Kier alpha value is -0.940. The number of halogens is 2. The van der Waals surface area contributed by atoms with Crippen LogP contribution >= 0.6 is 34.2 Å². The first-order valence-electron chi connectivity index (χ1n) is 4.64. The number of hydrogen-bond acceptors (Lipinski definition) is 2. The van der Waals surface area contributed by atoms with Crippen molar-refractivity contribution < 1.29 is 4.74 Å². The molecule has 0 saturated heterocycles. The molecular weight excluding hydrogens is 336 g/mol. The van der Waals surface area contributed by atoms with E-state index in [9.17, 15) is 0 Å². The van der Waals surface area contributed by atoms with Gasteiger partial charge in [-0.25, -0.2) is 0 Å². The van der Waals surface area contributed by atoms with E-state index in [0.29, 0.717) is 16.5 Å². The van der Waals surface area contributed by atoms with E-state index in [2.05, 4.69) is 22.6 Å².